The third kappa shape index (κ3) is 3.15. The summed E-state index contributed by atoms with van der Waals surface area (Å²) in [4.78, 5) is 0. The first-order chi connectivity index (χ1) is 8.19. The van der Waals surface area contributed by atoms with Gasteiger partial charge in [0.25, 0.3) is 0 Å². The van der Waals surface area contributed by atoms with Crippen LogP contribution < -0.4 is 5.32 Å². The fraction of sp³-hybridized carbons (Fsp3) is 0.600. The third-order valence-electron chi connectivity index (χ3n) is 3.99. The molecule has 0 unspecified atom stereocenters. The van der Waals surface area contributed by atoms with Crippen LogP contribution in [0.3, 0.4) is 0 Å². The van der Waals surface area contributed by atoms with Gasteiger partial charge in [0.2, 0.25) is 0 Å². The normalized spacial score (nSPS) is 24.6. The molecule has 0 spiro atoms. The molecular formula is C15H23NO. The molecule has 94 valence electrons. The van der Waals surface area contributed by atoms with Crippen molar-refractivity contribution < 1.29 is 5.11 Å². The average Bonchev–Trinajstić information content (AvgIpc) is 2.35. The van der Waals surface area contributed by atoms with Crippen LogP contribution in [0.15, 0.2) is 18.2 Å². The van der Waals surface area contributed by atoms with Crippen LogP contribution in [-0.4, -0.2) is 11.1 Å². The summed E-state index contributed by atoms with van der Waals surface area (Å²) in [6, 6.07) is 6.38. The molecule has 2 heteroatoms. The monoisotopic (exact) mass is 233 g/mol. The van der Waals surface area contributed by atoms with Crippen molar-refractivity contribution in [1.29, 1.82) is 0 Å². The molecule has 0 heterocycles. The number of benzene rings is 1. The van der Waals surface area contributed by atoms with Crippen LogP contribution >= 0.6 is 0 Å². The van der Waals surface area contributed by atoms with E-state index in [1.54, 1.807) is 6.07 Å². The number of phenols is 1. The zero-order valence-corrected chi connectivity index (χ0v) is 10.9. The highest BCUT2D eigenvalue weighted by Crippen LogP contribution is 2.29. The van der Waals surface area contributed by atoms with Crippen LogP contribution in [0, 0.1) is 12.8 Å². The predicted molar refractivity (Wildman–Crippen MR) is 72.5 cm³/mol. The number of nitrogens with one attached hydrogen (secondary N) is 1. The summed E-state index contributed by atoms with van der Waals surface area (Å²) in [5.74, 6) is 1.32. The van der Waals surface area contributed by atoms with Crippen LogP contribution in [0.1, 0.15) is 44.6 Å². The Morgan fingerprint density at radius 2 is 1.94 bits per heavy atom. The topological polar surface area (TPSA) is 32.3 Å². The van der Waals surface area contributed by atoms with Gasteiger partial charge in [0.15, 0.2) is 0 Å². The van der Waals surface area contributed by atoms with Crippen molar-refractivity contribution in [3.8, 4) is 5.75 Å². The molecule has 1 fully saturated rings. The van der Waals surface area contributed by atoms with E-state index in [4.69, 9.17) is 0 Å². The minimum absolute atomic E-state index is 0.380. The smallest absolute Gasteiger partial charge is 0.118 e. The molecule has 0 saturated heterocycles. The first-order valence-electron chi connectivity index (χ1n) is 6.75. The van der Waals surface area contributed by atoms with Gasteiger partial charge in [-0.1, -0.05) is 13.3 Å². The molecule has 1 aromatic carbocycles. The second-order valence-corrected chi connectivity index (χ2v) is 5.27. The first kappa shape index (κ1) is 12.3. The van der Waals surface area contributed by atoms with E-state index in [0.29, 0.717) is 11.8 Å². The summed E-state index contributed by atoms with van der Waals surface area (Å²) >= 11 is 0. The summed E-state index contributed by atoms with van der Waals surface area (Å²) in [5, 5.41) is 13.1. The van der Waals surface area contributed by atoms with Gasteiger partial charge in [-0.15, -0.1) is 0 Å². The fourth-order valence-electron chi connectivity index (χ4n) is 2.70. The lowest BCUT2D eigenvalue weighted by molar-refractivity contribution is 0.330. The second-order valence-electron chi connectivity index (χ2n) is 5.27. The van der Waals surface area contributed by atoms with Gasteiger partial charge >= 0.3 is 0 Å². The van der Waals surface area contributed by atoms with Crippen LogP contribution in [0.25, 0.3) is 0 Å². The van der Waals surface area contributed by atoms with Crippen LogP contribution in [0.5, 0.6) is 5.75 Å². The number of hydrogen-bond acceptors (Lipinski definition) is 2. The second kappa shape index (κ2) is 5.44. The van der Waals surface area contributed by atoms with Crippen molar-refractivity contribution in [3.63, 3.8) is 0 Å². The van der Waals surface area contributed by atoms with E-state index in [1.807, 2.05) is 19.1 Å². The highest BCUT2D eigenvalue weighted by atomic mass is 16.3. The van der Waals surface area contributed by atoms with Crippen LogP contribution in [-0.2, 0) is 0 Å². The Morgan fingerprint density at radius 1 is 1.24 bits per heavy atom. The molecule has 0 atom stereocenters. The van der Waals surface area contributed by atoms with E-state index in [1.165, 1.54) is 32.1 Å². The standard InChI is InChI=1S/C15H23NO/c1-3-12-4-6-13(7-5-12)16-14-8-9-15(17)11(2)10-14/h8-10,12-13,16-17H,3-7H2,1-2H3. The van der Waals surface area contributed by atoms with Crippen LogP contribution in [0.2, 0.25) is 0 Å². The SMILES string of the molecule is CCC1CCC(Nc2ccc(O)c(C)c2)CC1. The summed E-state index contributed by atoms with van der Waals surface area (Å²) in [6.45, 7) is 4.23. The van der Waals surface area contributed by atoms with E-state index in [2.05, 4.69) is 12.2 Å². The maximum Gasteiger partial charge on any atom is 0.118 e. The highest BCUT2D eigenvalue weighted by Gasteiger charge is 2.19. The number of anilines is 1. The molecule has 0 radical (unpaired) electrons. The van der Waals surface area contributed by atoms with Crippen LogP contribution in [0.4, 0.5) is 5.69 Å². The third-order valence-corrected chi connectivity index (χ3v) is 3.99. The molecule has 1 saturated carbocycles. The molecule has 1 aliphatic rings. The summed E-state index contributed by atoms with van der Waals surface area (Å²) in [5.41, 5.74) is 2.08. The van der Waals surface area contributed by atoms with Crippen molar-refractivity contribution in [2.75, 3.05) is 5.32 Å². The Morgan fingerprint density at radius 3 is 2.53 bits per heavy atom. The van der Waals surface area contributed by atoms with E-state index in [9.17, 15) is 5.11 Å². The molecular weight excluding hydrogens is 210 g/mol. The Balaban J connectivity index is 1.91. The molecule has 0 bridgehead atoms. The highest BCUT2D eigenvalue weighted by molar-refractivity contribution is 5.50. The summed E-state index contributed by atoms with van der Waals surface area (Å²) in [6.07, 6.45) is 6.58. The fourth-order valence-corrected chi connectivity index (χ4v) is 2.70. The number of hydrogen-bond donors (Lipinski definition) is 2. The average molecular weight is 233 g/mol. The Hall–Kier alpha value is -1.18. The predicted octanol–water partition coefficient (Wildman–Crippen LogP) is 4.08. The van der Waals surface area contributed by atoms with Gasteiger partial charge in [-0.25, -0.2) is 0 Å². The molecule has 2 N–H and O–H groups in total. The van der Waals surface area contributed by atoms with Crippen molar-refractivity contribution in [1.82, 2.24) is 0 Å². The quantitative estimate of drug-likeness (QED) is 0.771. The van der Waals surface area contributed by atoms with Gasteiger partial charge in [0.05, 0.1) is 0 Å². The van der Waals surface area contributed by atoms with Gasteiger partial charge in [-0.05, 0) is 62.3 Å². The lowest BCUT2D eigenvalue weighted by atomic mass is 9.84. The number of aromatic hydroxyl groups is 1. The van der Waals surface area contributed by atoms with Crippen molar-refractivity contribution in [3.05, 3.63) is 23.8 Å². The van der Waals surface area contributed by atoms with E-state index < -0.39 is 0 Å². The molecule has 0 aliphatic heterocycles. The zero-order valence-electron chi connectivity index (χ0n) is 10.9. The van der Waals surface area contributed by atoms with E-state index in [-0.39, 0.29) is 0 Å². The molecule has 1 aromatic rings. The van der Waals surface area contributed by atoms with E-state index in [0.717, 1.165) is 17.2 Å². The molecule has 2 nitrogen and oxygen atoms in total. The number of phenolic OH excluding ortho intramolecular Hbond substituents is 1. The van der Waals surface area contributed by atoms with Gasteiger partial charge in [0, 0.05) is 11.7 Å². The minimum atomic E-state index is 0.380. The van der Waals surface area contributed by atoms with Gasteiger partial charge in [-0.3, -0.25) is 0 Å². The largest absolute Gasteiger partial charge is 0.508 e. The molecule has 0 aromatic heterocycles. The zero-order chi connectivity index (χ0) is 12.3. The number of rotatable bonds is 3. The van der Waals surface area contributed by atoms with Gasteiger partial charge in [0.1, 0.15) is 5.75 Å². The maximum atomic E-state index is 9.49. The summed E-state index contributed by atoms with van der Waals surface area (Å²) in [7, 11) is 0. The maximum absolute atomic E-state index is 9.49. The Kier molecular flexibility index (Phi) is 3.93. The van der Waals surface area contributed by atoms with E-state index >= 15 is 0 Å². The molecule has 2 rings (SSSR count). The molecule has 17 heavy (non-hydrogen) atoms. The lowest BCUT2D eigenvalue weighted by Crippen LogP contribution is -2.25. The van der Waals surface area contributed by atoms with Gasteiger partial charge in [-0.2, -0.15) is 0 Å². The van der Waals surface area contributed by atoms with Crippen molar-refractivity contribution in [2.24, 2.45) is 5.92 Å². The molecule has 1 aliphatic carbocycles. The molecule has 0 amide bonds. The van der Waals surface area contributed by atoms with Gasteiger partial charge < -0.3 is 10.4 Å². The van der Waals surface area contributed by atoms with Crippen molar-refractivity contribution >= 4 is 5.69 Å². The van der Waals surface area contributed by atoms with Crippen molar-refractivity contribution in [2.45, 2.75) is 52.0 Å². The summed E-state index contributed by atoms with van der Waals surface area (Å²) < 4.78 is 0. The lowest BCUT2D eigenvalue weighted by Gasteiger charge is -2.29. The minimum Gasteiger partial charge on any atom is -0.508 e. The Labute approximate surface area is 104 Å². The number of aryl methyl sites for hydroxylation is 1. The Bertz CT molecular complexity index is 367. The first-order valence-corrected chi connectivity index (χ1v) is 6.75.